The van der Waals surface area contributed by atoms with Crippen LogP contribution in [-0.4, -0.2) is 46.2 Å². The Hall–Kier alpha value is -1.61. The van der Waals surface area contributed by atoms with E-state index in [0.717, 1.165) is 13.1 Å². The number of rotatable bonds is 1. The van der Waals surface area contributed by atoms with Crippen molar-refractivity contribution in [2.75, 3.05) is 42.7 Å². The van der Waals surface area contributed by atoms with Gasteiger partial charge in [-0.25, -0.2) is 15.0 Å². The average molecular weight is 379 g/mol. The van der Waals surface area contributed by atoms with E-state index in [-0.39, 0.29) is 16.3 Å². The number of anilines is 3. The first kappa shape index (κ1) is 17.7. The van der Waals surface area contributed by atoms with Crippen LogP contribution in [0.4, 0.5) is 17.6 Å². The minimum absolute atomic E-state index is 0.0694. The van der Waals surface area contributed by atoms with Crippen molar-refractivity contribution in [3.8, 4) is 0 Å². The largest absolute Gasteiger partial charge is 0.384 e. The molecule has 0 atom stereocenters. The Balaban J connectivity index is 0.000000185. The van der Waals surface area contributed by atoms with Crippen molar-refractivity contribution in [3.63, 3.8) is 0 Å². The van der Waals surface area contributed by atoms with E-state index in [4.69, 9.17) is 51.0 Å². The molecule has 4 N–H and O–H groups in total. The molecule has 2 aromatic rings. The maximum absolute atomic E-state index is 5.78. The molecular formula is C12H14Cl3N7O. The number of aromatic nitrogens is 4. The van der Waals surface area contributed by atoms with Crippen molar-refractivity contribution in [1.29, 1.82) is 0 Å². The molecule has 0 aromatic carbocycles. The number of morpholine rings is 1. The number of hydrogen-bond donors (Lipinski definition) is 2. The number of hydrogen-bond acceptors (Lipinski definition) is 8. The average Bonchev–Trinajstić information content (AvgIpc) is 2.46. The van der Waals surface area contributed by atoms with Gasteiger partial charge in [0.25, 0.3) is 0 Å². The van der Waals surface area contributed by atoms with E-state index in [1.165, 1.54) is 12.1 Å². The van der Waals surface area contributed by atoms with Gasteiger partial charge in [0.1, 0.15) is 21.9 Å². The zero-order chi connectivity index (χ0) is 16.8. The molecule has 0 bridgehead atoms. The number of halogens is 3. The standard InChI is InChI=1S/C8H11ClN4O.C4H3Cl2N3/c9-6-5-7(10)12-8(11-6)13-1-3-14-4-2-13;5-2-1-3(7)9-4(6)8-2/h5H,1-4H2,(H2,10,11,12);1H,(H2,7,8,9). The lowest BCUT2D eigenvalue weighted by Crippen LogP contribution is -2.37. The third-order valence-corrected chi connectivity index (χ3v) is 3.24. The molecule has 23 heavy (non-hydrogen) atoms. The molecule has 0 spiro atoms. The first-order valence-electron chi connectivity index (χ1n) is 6.52. The van der Waals surface area contributed by atoms with Crippen molar-refractivity contribution in [1.82, 2.24) is 19.9 Å². The van der Waals surface area contributed by atoms with Crippen LogP contribution in [0.2, 0.25) is 15.6 Å². The summed E-state index contributed by atoms with van der Waals surface area (Å²) in [5, 5.41) is 0.700. The molecule has 0 unspecified atom stereocenters. The minimum atomic E-state index is 0.0694. The SMILES string of the molecule is Nc1cc(Cl)nc(Cl)n1.Nc1cc(Cl)nc(N2CCOCC2)n1. The van der Waals surface area contributed by atoms with Crippen LogP contribution in [0.1, 0.15) is 0 Å². The molecule has 0 amide bonds. The van der Waals surface area contributed by atoms with Crippen molar-refractivity contribution in [2.45, 2.75) is 0 Å². The fraction of sp³-hybridized carbons (Fsp3) is 0.333. The van der Waals surface area contributed by atoms with Crippen LogP contribution >= 0.6 is 34.8 Å². The Bertz CT molecular complexity index is 596. The summed E-state index contributed by atoms with van der Waals surface area (Å²) in [6, 6.07) is 2.96. The highest BCUT2D eigenvalue weighted by molar-refractivity contribution is 6.32. The molecule has 2 aromatic heterocycles. The maximum atomic E-state index is 5.78. The molecule has 3 heterocycles. The van der Waals surface area contributed by atoms with Crippen molar-refractivity contribution < 1.29 is 4.74 Å². The lowest BCUT2D eigenvalue weighted by atomic mass is 10.4. The number of ether oxygens (including phenoxy) is 1. The van der Waals surface area contributed by atoms with Crippen LogP contribution in [0.25, 0.3) is 0 Å². The summed E-state index contributed by atoms with van der Waals surface area (Å²) in [5.41, 5.74) is 10.8. The minimum Gasteiger partial charge on any atom is -0.384 e. The van der Waals surface area contributed by atoms with Gasteiger partial charge in [0.05, 0.1) is 13.2 Å². The zero-order valence-corrected chi connectivity index (χ0v) is 14.2. The highest BCUT2D eigenvalue weighted by Gasteiger charge is 2.14. The maximum Gasteiger partial charge on any atom is 0.228 e. The lowest BCUT2D eigenvalue weighted by Gasteiger charge is -2.26. The first-order valence-corrected chi connectivity index (χ1v) is 7.66. The molecule has 3 rings (SSSR count). The predicted octanol–water partition coefficient (Wildman–Crippen LogP) is 1.91. The molecule has 124 valence electrons. The van der Waals surface area contributed by atoms with E-state index in [0.29, 0.717) is 30.1 Å². The molecule has 1 fully saturated rings. The quantitative estimate of drug-likeness (QED) is 0.571. The second kappa shape index (κ2) is 8.30. The van der Waals surface area contributed by atoms with Crippen LogP contribution in [-0.2, 0) is 4.74 Å². The van der Waals surface area contributed by atoms with Crippen LogP contribution in [0.3, 0.4) is 0 Å². The van der Waals surface area contributed by atoms with Gasteiger partial charge in [0.15, 0.2) is 0 Å². The van der Waals surface area contributed by atoms with Crippen molar-refractivity contribution in [2.24, 2.45) is 0 Å². The Morgan fingerprint density at radius 2 is 1.43 bits per heavy atom. The smallest absolute Gasteiger partial charge is 0.228 e. The van der Waals surface area contributed by atoms with Gasteiger partial charge in [-0.05, 0) is 11.6 Å². The number of nitrogens with two attached hydrogens (primary N) is 2. The summed E-state index contributed by atoms with van der Waals surface area (Å²) in [4.78, 5) is 17.4. The number of nitrogens with zero attached hydrogens (tertiary/aromatic N) is 5. The lowest BCUT2D eigenvalue weighted by molar-refractivity contribution is 0.122. The Morgan fingerprint density at radius 1 is 0.870 bits per heavy atom. The monoisotopic (exact) mass is 377 g/mol. The predicted molar refractivity (Wildman–Crippen MR) is 91.0 cm³/mol. The van der Waals surface area contributed by atoms with Gasteiger partial charge in [-0.1, -0.05) is 23.2 Å². The summed E-state index contributed by atoms with van der Waals surface area (Å²) in [7, 11) is 0. The molecule has 1 aliphatic rings. The highest BCUT2D eigenvalue weighted by Crippen LogP contribution is 2.16. The second-order valence-electron chi connectivity index (χ2n) is 4.40. The molecule has 0 radical (unpaired) electrons. The first-order chi connectivity index (χ1) is 10.9. The van der Waals surface area contributed by atoms with Crippen molar-refractivity contribution >= 4 is 52.4 Å². The Morgan fingerprint density at radius 3 is 1.96 bits per heavy atom. The summed E-state index contributed by atoms with van der Waals surface area (Å²) in [5.74, 6) is 1.25. The molecule has 0 saturated carbocycles. The van der Waals surface area contributed by atoms with Crippen LogP contribution in [0.15, 0.2) is 12.1 Å². The normalized spacial score (nSPS) is 14.1. The van der Waals surface area contributed by atoms with Crippen LogP contribution < -0.4 is 16.4 Å². The van der Waals surface area contributed by atoms with Gasteiger partial charge in [-0.15, -0.1) is 0 Å². The van der Waals surface area contributed by atoms with Gasteiger partial charge in [0, 0.05) is 25.2 Å². The van der Waals surface area contributed by atoms with Crippen LogP contribution in [0.5, 0.6) is 0 Å². The van der Waals surface area contributed by atoms with E-state index in [1.807, 2.05) is 4.90 Å². The molecule has 11 heteroatoms. The van der Waals surface area contributed by atoms with Gasteiger partial charge in [-0.3, -0.25) is 0 Å². The molecular weight excluding hydrogens is 365 g/mol. The second-order valence-corrected chi connectivity index (χ2v) is 5.51. The van der Waals surface area contributed by atoms with Gasteiger partial charge >= 0.3 is 0 Å². The third-order valence-electron chi connectivity index (χ3n) is 2.68. The zero-order valence-electron chi connectivity index (χ0n) is 11.9. The highest BCUT2D eigenvalue weighted by atomic mass is 35.5. The van der Waals surface area contributed by atoms with Gasteiger partial charge < -0.3 is 21.1 Å². The molecule has 1 saturated heterocycles. The summed E-state index contributed by atoms with van der Waals surface area (Å²) in [6.07, 6.45) is 0. The van der Waals surface area contributed by atoms with E-state index in [9.17, 15) is 0 Å². The van der Waals surface area contributed by atoms with E-state index >= 15 is 0 Å². The van der Waals surface area contributed by atoms with E-state index < -0.39 is 0 Å². The van der Waals surface area contributed by atoms with E-state index in [2.05, 4.69) is 19.9 Å². The molecule has 8 nitrogen and oxygen atoms in total. The van der Waals surface area contributed by atoms with Crippen molar-refractivity contribution in [3.05, 3.63) is 27.7 Å². The van der Waals surface area contributed by atoms with Crippen LogP contribution in [0, 0.1) is 0 Å². The summed E-state index contributed by atoms with van der Waals surface area (Å²) >= 11 is 16.6. The third kappa shape index (κ3) is 5.83. The fourth-order valence-corrected chi connectivity index (χ4v) is 2.34. The van der Waals surface area contributed by atoms with E-state index in [1.54, 1.807) is 0 Å². The Kier molecular flexibility index (Phi) is 6.40. The number of nitrogen functional groups attached to an aromatic ring is 2. The Labute approximate surface area is 147 Å². The van der Waals surface area contributed by atoms with Gasteiger partial charge in [-0.2, -0.15) is 4.98 Å². The fourth-order valence-electron chi connectivity index (χ4n) is 1.73. The summed E-state index contributed by atoms with van der Waals surface area (Å²) in [6.45, 7) is 2.94. The topological polar surface area (TPSA) is 116 Å². The summed E-state index contributed by atoms with van der Waals surface area (Å²) < 4.78 is 5.22. The molecule has 1 aliphatic heterocycles. The van der Waals surface area contributed by atoms with Gasteiger partial charge in [0.2, 0.25) is 11.2 Å². The molecule has 0 aliphatic carbocycles.